The summed E-state index contributed by atoms with van der Waals surface area (Å²) in [7, 11) is 4.31. The predicted octanol–water partition coefficient (Wildman–Crippen LogP) is 4.23. The first-order valence-electron chi connectivity index (χ1n) is 12.5. The van der Waals surface area contributed by atoms with Gasteiger partial charge in [0.1, 0.15) is 0 Å². The van der Waals surface area contributed by atoms with E-state index in [2.05, 4.69) is 74.7 Å². The summed E-state index contributed by atoms with van der Waals surface area (Å²) in [5.41, 5.74) is 4.32. The SMILES string of the molecule is CC(C)n1cnc2c1CN(c1nc(Nc3ccc(N4CCCC(N(C)C)C4)cc3)ncc1F)CC2. The molecule has 9 heteroatoms. The van der Waals surface area contributed by atoms with Crippen molar-refractivity contribution in [2.24, 2.45) is 0 Å². The van der Waals surface area contributed by atoms with E-state index in [4.69, 9.17) is 0 Å². The molecule has 1 aromatic carbocycles. The largest absolute Gasteiger partial charge is 0.370 e. The lowest BCUT2D eigenvalue weighted by molar-refractivity contribution is 0.258. The molecule has 0 saturated carbocycles. The molecule has 2 aliphatic rings. The minimum Gasteiger partial charge on any atom is -0.370 e. The number of likely N-dealkylation sites (N-methyl/N-ethyl adjacent to an activating group) is 1. The molecule has 1 fully saturated rings. The van der Waals surface area contributed by atoms with Crippen LogP contribution in [0, 0.1) is 5.82 Å². The smallest absolute Gasteiger partial charge is 0.229 e. The van der Waals surface area contributed by atoms with Crippen LogP contribution in [0.5, 0.6) is 0 Å². The topological polar surface area (TPSA) is 65.4 Å². The molecule has 4 heterocycles. The second-order valence-electron chi connectivity index (χ2n) is 10.1. The fourth-order valence-electron chi connectivity index (χ4n) is 5.07. The quantitative estimate of drug-likeness (QED) is 0.569. The summed E-state index contributed by atoms with van der Waals surface area (Å²) in [6, 6.07) is 9.22. The van der Waals surface area contributed by atoms with Crippen molar-refractivity contribution in [1.82, 2.24) is 24.4 Å². The Morgan fingerprint density at radius 3 is 2.63 bits per heavy atom. The number of halogens is 1. The molecule has 2 aliphatic heterocycles. The average Bonchev–Trinajstić information content (AvgIpc) is 3.29. The van der Waals surface area contributed by atoms with Gasteiger partial charge in [-0.05, 0) is 65.0 Å². The number of piperidine rings is 1. The molecule has 3 aromatic rings. The number of imidazole rings is 1. The lowest BCUT2D eigenvalue weighted by Gasteiger charge is -2.37. The highest BCUT2D eigenvalue weighted by molar-refractivity contribution is 5.60. The van der Waals surface area contributed by atoms with Crippen molar-refractivity contribution in [3.05, 3.63) is 54.0 Å². The first kappa shape index (κ1) is 23.5. The van der Waals surface area contributed by atoms with E-state index in [0.29, 0.717) is 36.9 Å². The summed E-state index contributed by atoms with van der Waals surface area (Å²) in [5.74, 6) is 0.304. The van der Waals surface area contributed by atoms with Crippen LogP contribution in [-0.4, -0.2) is 64.2 Å². The summed E-state index contributed by atoms with van der Waals surface area (Å²) in [5, 5.41) is 3.25. The Morgan fingerprint density at radius 1 is 1.09 bits per heavy atom. The lowest BCUT2D eigenvalue weighted by atomic mass is 10.0. The number of nitrogens with one attached hydrogen (secondary N) is 1. The van der Waals surface area contributed by atoms with Crippen LogP contribution < -0.4 is 15.1 Å². The van der Waals surface area contributed by atoms with Gasteiger partial charge in [0, 0.05) is 49.5 Å². The summed E-state index contributed by atoms with van der Waals surface area (Å²) < 4.78 is 16.9. The van der Waals surface area contributed by atoms with Crippen LogP contribution in [0.4, 0.5) is 27.5 Å². The molecular formula is C26H35FN8. The van der Waals surface area contributed by atoms with Crippen molar-refractivity contribution in [3.8, 4) is 0 Å². The molecule has 35 heavy (non-hydrogen) atoms. The molecule has 8 nitrogen and oxygen atoms in total. The van der Waals surface area contributed by atoms with Crippen LogP contribution in [0.1, 0.15) is 44.1 Å². The zero-order chi connectivity index (χ0) is 24.5. The maximum Gasteiger partial charge on any atom is 0.229 e. The Labute approximate surface area is 206 Å². The van der Waals surface area contributed by atoms with Crippen molar-refractivity contribution in [3.63, 3.8) is 0 Å². The predicted molar refractivity (Wildman–Crippen MR) is 138 cm³/mol. The van der Waals surface area contributed by atoms with Gasteiger partial charge < -0.3 is 24.6 Å². The number of fused-ring (bicyclic) bond motifs is 1. The molecule has 1 unspecified atom stereocenters. The van der Waals surface area contributed by atoms with Crippen LogP contribution in [0.2, 0.25) is 0 Å². The lowest BCUT2D eigenvalue weighted by Crippen LogP contribution is -2.45. The highest BCUT2D eigenvalue weighted by Gasteiger charge is 2.25. The molecule has 1 atom stereocenters. The minimum atomic E-state index is -0.412. The van der Waals surface area contributed by atoms with E-state index >= 15 is 0 Å². The third-order valence-electron chi connectivity index (χ3n) is 7.14. The molecule has 186 valence electrons. The number of aromatic nitrogens is 4. The first-order valence-corrected chi connectivity index (χ1v) is 12.5. The number of hydrogen-bond acceptors (Lipinski definition) is 7. The van der Waals surface area contributed by atoms with Gasteiger partial charge in [0.25, 0.3) is 0 Å². The number of anilines is 4. The molecule has 0 radical (unpaired) electrons. The second-order valence-corrected chi connectivity index (χ2v) is 10.1. The number of benzene rings is 1. The monoisotopic (exact) mass is 478 g/mol. The number of hydrogen-bond donors (Lipinski definition) is 1. The number of nitrogens with zero attached hydrogens (tertiary/aromatic N) is 7. The third-order valence-corrected chi connectivity index (χ3v) is 7.14. The minimum absolute atomic E-state index is 0.306. The summed E-state index contributed by atoms with van der Waals surface area (Å²) >= 11 is 0. The zero-order valence-corrected chi connectivity index (χ0v) is 21.1. The van der Waals surface area contributed by atoms with E-state index in [0.717, 1.165) is 36.6 Å². The normalized spacial score (nSPS) is 18.3. The van der Waals surface area contributed by atoms with Crippen LogP contribution in [0.25, 0.3) is 0 Å². The van der Waals surface area contributed by atoms with Crippen LogP contribution >= 0.6 is 0 Å². The highest BCUT2D eigenvalue weighted by Crippen LogP contribution is 2.28. The Kier molecular flexibility index (Phi) is 6.60. The molecule has 0 spiro atoms. The van der Waals surface area contributed by atoms with Crippen LogP contribution in [0.3, 0.4) is 0 Å². The van der Waals surface area contributed by atoms with Gasteiger partial charge in [-0.3, -0.25) is 0 Å². The molecule has 2 aromatic heterocycles. The Bertz CT molecular complexity index is 1160. The molecule has 1 saturated heterocycles. The molecule has 0 bridgehead atoms. The molecule has 5 rings (SSSR count). The zero-order valence-electron chi connectivity index (χ0n) is 21.1. The van der Waals surface area contributed by atoms with E-state index in [1.807, 2.05) is 23.4 Å². The maximum atomic E-state index is 14.8. The Hall–Kier alpha value is -3.20. The molecular weight excluding hydrogens is 443 g/mol. The summed E-state index contributed by atoms with van der Waals surface area (Å²) in [6.45, 7) is 7.64. The molecule has 1 N–H and O–H groups in total. The standard InChI is InChI=1S/C26H35FN8/c1-18(2)35-17-29-23-11-13-34(16-24(23)35)25-22(27)14-28-26(31-25)30-19-7-9-20(10-8-19)33-12-5-6-21(15-33)32(3)4/h7-10,14,17-18,21H,5-6,11-13,15-16H2,1-4H3,(H,28,30,31). The van der Waals surface area contributed by atoms with E-state index in [9.17, 15) is 4.39 Å². The summed E-state index contributed by atoms with van der Waals surface area (Å²) in [6.07, 6.45) is 6.35. The van der Waals surface area contributed by atoms with Gasteiger partial charge in [-0.15, -0.1) is 0 Å². The number of rotatable bonds is 6. The van der Waals surface area contributed by atoms with Gasteiger partial charge in [-0.2, -0.15) is 4.98 Å². The van der Waals surface area contributed by atoms with Gasteiger partial charge in [0.05, 0.1) is 30.5 Å². The maximum absolute atomic E-state index is 14.8. The Balaban J connectivity index is 1.29. The van der Waals surface area contributed by atoms with E-state index in [1.54, 1.807) is 0 Å². The van der Waals surface area contributed by atoms with Crippen LogP contribution in [-0.2, 0) is 13.0 Å². The van der Waals surface area contributed by atoms with Gasteiger partial charge in [0.2, 0.25) is 5.95 Å². The van der Waals surface area contributed by atoms with Crippen molar-refractivity contribution in [2.45, 2.75) is 51.7 Å². The van der Waals surface area contributed by atoms with Crippen molar-refractivity contribution >= 4 is 23.1 Å². The van der Waals surface area contributed by atoms with E-state index in [1.165, 1.54) is 24.7 Å². The molecule has 0 amide bonds. The van der Waals surface area contributed by atoms with Gasteiger partial charge in [0.15, 0.2) is 11.6 Å². The van der Waals surface area contributed by atoms with E-state index < -0.39 is 5.82 Å². The fourth-order valence-corrected chi connectivity index (χ4v) is 5.07. The Morgan fingerprint density at radius 2 is 1.89 bits per heavy atom. The first-order chi connectivity index (χ1) is 16.9. The van der Waals surface area contributed by atoms with Crippen molar-refractivity contribution in [1.29, 1.82) is 0 Å². The summed E-state index contributed by atoms with van der Waals surface area (Å²) in [4.78, 5) is 20.0. The van der Waals surface area contributed by atoms with Crippen molar-refractivity contribution < 1.29 is 4.39 Å². The van der Waals surface area contributed by atoms with Gasteiger partial charge in [-0.1, -0.05) is 0 Å². The highest BCUT2D eigenvalue weighted by atomic mass is 19.1. The van der Waals surface area contributed by atoms with E-state index in [-0.39, 0.29) is 0 Å². The second kappa shape index (κ2) is 9.81. The van der Waals surface area contributed by atoms with Gasteiger partial charge in [-0.25, -0.2) is 14.4 Å². The average molecular weight is 479 g/mol. The van der Waals surface area contributed by atoms with Gasteiger partial charge >= 0.3 is 0 Å². The third kappa shape index (κ3) is 4.96. The van der Waals surface area contributed by atoms with Crippen molar-refractivity contribution in [2.75, 3.05) is 48.8 Å². The molecule has 0 aliphatic carbocycles. The fraction of sp³-hybridized carbons (Fsp3) is 0.500. The van der Waals surface area contributed by atoms with Crippen LogP contribution in [0.15, 0.2) is 36.8 Å².